The summed E-state index contributed by atoms with van der Waals surface area (Å²) >= 11 is 0. The smallest absolute Gasteiger partial charge is 0.274 e. The Balaban J connectivity index is 2.49. The van der Waals surface area contributed by atoms with Crippen molar-refractivity contribution in [3.63, 3.8) is 0 Å². The van der Waals surface area contributed by atoms with Crippen molar-refractivity contribution >= 4 is 11.6 Å². The Morgan fingerprint density at radius 2 is 2.17 bits per heavy atom. The van der Waals surface area contributed by atoms with Gasteiger partial charge in [-0.05, 0) is 18.8 Å². The molecule has 18 heavy (non-hydrogen) atoms. The van der Waals surface area contributed by atoms with Crippen LogP contribution in [0.3, 0.4) is 0 Å². The van der Waals surface area contributed by atoms with Gasteiger partial charge >= 0.3 is 0 Å². The van der Waals surface area contributed by atoms with E-state index in [2.05, 4.69) is 15.5 Å². The summed E-state index contributed by atoms with van der Waals surface area (Å²) < 4.78 is 0. The second kappa shape index (κ2) is 5.39. The zero-order chi connectivity index (χ0) is 13.9. The third-order valence-corrected chi connectivity index (χ3v) is 2.56. The van der Waals surface area contributed by atoms with Crippen LogP contribution in [0.2, 0.25) is 0 Å². The second-order valence-electron chi connectivity index (χ2n) is 5.74. The topological polar surface area (TPSA) is 104 Å². The summed E-state index contributed by atoms with van der Waals surface area (Å²) in [4.78, 5) is 11.8. The van der Waals surface area contributed by atoms with Crippen LogP contribution in [0.4, 0.5) is 5.69 Å². The number of H-pyrrole nitrogens is 1. The molecular formula is C12H22N4O2. The monoisotopic (exact) mass is 254 g/mol. The van der Waals surface area contributed by atoms with Crippen molar-refractivity contribution in [1.82, 2.24) is 15.5 Å². The summed E-state index contributed by atoms with van der Waals surface area (Å²) in [7, 11) is 0. The molecule has 6 heteroatoms. The number of aromatic amines is 1. The van der Waals surface area contributed by atoms with Crippen LogP contribution in [0.25, 0.3) is 0 Å². The van der Waals surface area contributed by atoms with Gasteiger partial charge in [0.05, 0.1) is 17.5 Å². The zero-order valence-corrected chi connectivity index (χ0v) is 11.4. The van der Waals surface area contributed by atoms with Gasteiger partial charge in [0, 0.05) is 6.54 Å². The number of carbonyl (C=O) groups excluding carboxylic acids is 1. The standard InChI is InChI=1S/C12H22N4O2/c1-7-9(13)10(16-15-7)11(18)14-6-8(17)5-12(2,3)4/h8,17H,5-6,13H2,1-4H3,(H,14,18)(H,15,16). The van der Waals surface area contributed by atoms with Crippen molar-refractivity contribution < 1.29 is 9.90 Å². The number of nitrogens with one attached hydrogen (secondary N) is 2. The van der Waals surface area contributed by atoms with Crippen LogP contribution in [0.5, 0.6) is 0 Å². The molecule has 0 fully saturated rings. The number of aliphatic hydroxyl groups is 1. The molecule has 0 aromatic carbocycles. The highest BCUT2D eigenvalue weighted by Crippen LogP contribution is 2.20. The number of amides is 1. The van der Waals surface area contributed by atoms with Crippen molar-refractivity contribution in [3.8, 4) is 0 Å². The number of nitrogen functional groups attached to an aromatic ring is 1. The number of hydrogen-bond donors (Lipinski definition) is 4. The predicted octanol–water partition coefficient (Wildman–Crippen LogP) is 0.827. The van der Waals surface area contributed by atoms with Crippen LogP contribution < -0.4 is 11.1 Å². The molecule has 5 N–H and O–H groups in total. The number of anilines is 1. The summed E-state index contributed by atoms with van der Waals surface area (Å²) in [6.07, 6.45) is 0.0396. The van der Waals surface area contributed by atoms with Crippen molar-refractivity contribution in [2.45, 2.75) is 40.2 Å². The number of nitrogens with two attached hydrogens (primary N) is 1. The number of nitrogens with zero attached hydrogens (tertiary/aromatic N) is 1. The van der Waals surface area contributed by atoms with Gasteiger partial charge in [0.1, 0.15) is 0 Å². The van der Waals surface area contributed by atoms with Gasteiger partial charge in [-0.1, -0.05) is 20.8 Å². The summed E-state index contributed by atoms with van der Waals surface area (Å²) in [5.41, 5.74) is 6.90. The lowest BCUT2D eigenvalue weighted by atomic mass is 9.89. The number of aliphatic hydroxyl groups excluding tert-OH is 1. The van der Waals surface area contributed by atoms with E-state index < -0.39 is 6.10 Å². The lowest BCUT2D eigenvalue weighted by Crippen LogP contribution is -2.34. The molecule has 1 atom stereocenters. The van der Waals surface area contributed by atoms with E-state index in [1.807, 2.05) is 20.8 Å². The van der Waals surface area contributed by atoms with E-state index in [-0.39, 0.29) is 23.6 Å². The molecule has 1 aromatic heterocycles. The highest BCUT2D eigenvalue weighted by Gasteiger charge is 2.19. The molecule has 0 spiro atoms. The molecular weight excluding hydrogens is 232 g/mol. The molecule has 0 saturated heterocycles. The molecule has 1 aromatic rings. The maximum atomic E-state index is 11.8. The molecule has 1 amide bonds. The predicted molar refractivity (Wildman–Crippen MR) is 70.1 cm³/mol. The van der Waals surface area contributed by atoms with E-state index in [4.69, 9.17) is 5.73 Å². The molecule has 0 radical (unpaired) electrons. The van der Waals surface area contributed by atoms with Crippen LogP contribution in [0.15, 0.2) is 0 Å². The first kappa shape index (κ1) is 14.5. The maximum absolute atomic E-state index is 11.8. The summed E-state index contributed by atoms with van der Waals surface area (Å²) in [6, 6.07) is 0. The largest absolute Gasteiger partial charge is 0.395 e. The van der Waals surface area contributed by atoms with Crippen LogP contribution in [0.1, 0.15) is 43.4 Å². The first-order valence-corrected chi connectivity index (χ1v) is 5.97. The lowest BCUT2D eigenvalue weighted by Gasteiger charge is -2.22. The van der Waals surface area contributed by atoms with Crippen LogP contribution >= 0.6 is 0 Å². The molecule has 0 aliphatic rings. The second-order valence-corrected chi connectivity index (χ2v) is 5.74. The minimum atomic E-state index is -0.574. The Hall–Kier alpha value is -1.56. The van der Waals surface area contributed by atoms with Gasteiger partial charge in [-0.2, -0.15) is 5.10 Å². The number of rotatable bonds is 4. The third kappa shape index (κ3) is 4.03. The van der Waals surface area contributed by atoms with Gasteiger partial charge in [0.25, 0.3) is 5.91 Å². The van der Waals surface area contributed by atoms with Gasteiger partial charge in [-0.3, -0.25) is 9.89 Å². The van der Waals surface area contributed by atoms with Gasteiger partial charge < -0.3 is 16.2 Å². The fourth-order valence-electron chi connectivity index (χ4n) is 1.68. The van der Waals surface area contributed by atoms with Gasteiger partial charge in [0.2, 0.25) is 0 Å². The lowest BCUT2D eigenvalue weighted by molar-refractivity contribution is 0.0865. The van der Waals surface area contributed by atoms with Crippen LogP contribution in [-0.2, 0) is 0 Å². The Morgan fingerprint density at radius 1 is 1.56 bits per heavy atom. The van der Waals surface area contributed by atoms with E-state index in [9.17, 15) is 9.90 Å². The first-order valence-electron chi connectivity index (χ1n) is 5.97. The average Bonchev–Trinajstić information content (AvgIpc) is 2.54. The SMILES string of the molecule is Cc1[nH]nc(C(=O)NCC(O)CC(C)(C)C)c1N. The molecule has 1 heterocycles. The fraction of sp³-hybridized carbons (Fsp3) is 0.667. The van der Waals surface area contributed by atoms with E-state index >= 15 is 0 Å². The van der Waals surface area contributed by atoms with Crippen LogP contribution in [-0.4, -0.2) is 33.9 Å². The normalized spacial score (nSPS) is 13.4. The van der Waals surface area contributed by atoms with Crippen molar-refractivity contribution in [2.24, 2.45) is 5.41 Å². The number of carbonyl (C=O) groups is 1. The molecule has 0 aliphatic carbocycles. The van der Waals surface area contributed by atoms with E-state index in [0.29, 0.717) is 17.8 Å². The van der Waals surface area contributed by atoms with Gasteiger partial charge in [-0.15, -0.1) is 0 Å². The molecule has 6 nitrogen and oxygen atoms in total. The number of hydrogen-bond acceptors (Lipinski definition) is 4. The average molecular weight is 254 g/mol. The maximum Gasteiger partial charge on any atom is 0.274 e. The molecule has 0 aliphatic heterocycles. The van der Waals surface area contributed by atoms with Crippen LogP contribution in [0, 0.1) is 12.3 Å². The van der Waals surface area contributed by atoms with Crippen molar-refractivity contribution in [2.75, 3.05) is 12.3 Å². The summed E-state index contributed by atoms with van der Waals surface area (Å²) in [5, 5.41) is 18.9. The van der Waals surface area contributed by atoms with Crippen molar-refractivity contribution in [3.05, 3.63) is 11.4 Å². The Labute approximate surface area is 107 Å². The zero-order valence-electron chi connectivity index (χ0n) is 11.4. The third-order valence-electron chi connectivity index (χ3n) is 2.56. The molecule has 0 saturated carbocycles. The highest BCUT2D eigenvalue weighted by atomic mass is 16.3. The van der Waals surface area contributed by atoms with E-state index in [1.165, 1.54) is 0 Å². The number of aromatic nitrogens is 2. The van der Waals surface area contributed by atoms with Gasteiger partial charge in [-0.25, -0.2) is 0 Å². The minimum Gasteiger partial charge on any atom is -0.395 e. The Kier molecular flexibility index (Phi) is 4.34. The van der Waals surface area contributed by atoms with E-state index in [1.54, 1.807) is 6.92 Å². The van der Waals surface area contributed by atoms with Crippen molar-refractivity contribution in [1.29, 1.82) is 0 Å². The Bertz CT molecular complexity index is 420. The molecule has 1 rings (SSSR count). The molecule has 102 valence electrons. The number of aryl methyl sites for hydroxylation is 1. The molecule has 1 unspecified atom stereocenters. The first-order chi connectivity index (χ1) is 8.20. The summed E-state index contributed by atoms with van der Waals surface area (Å²) in [5.74, 6) is -0.371. The van der Waals surface area contributed by atoms with E-state index in [0.717, 1.165) is 0 Å². The summed E-state index contributed by atoms with van der Waals surface area (Å²) in [6.45, 7) is 8.04. The highest BCUT2D eigenvalue weighted by molar-refractivity contribution is 5.97. The fourth-order valence-corrected chi connectivity index (χ4v) is 1.68. The van der Waals surface area contributed by atoms with Gasteiger partial charge in [0.15, 0.2) is 5.69 Å². The molecule has 0 bridgehead atoms. The Morgan fingerprint density at radius 3 is 2.61 bits per heavy atom. The minimum absolute atomic E-state index is 0.0199. The quantitative estimate of drug-likeness (QED) is 0.638.